The van der Waals surface area contributed by atoms with Crippen molar-refractivity contribution in [2.24, 2.45) is 5.92 Å². The summed E-state index contributed by atoms with van der Waals surface area (Å²) in [5, 5.41) is 9.12. The number of benzene rings is 1. The lowest BCUT2D eigenvalue weighted by atomic mass is 10.0. The number of aliphatic hydroxyl groups excluding tert-OH is 1. The van der Waals surface area contributed by atoms with Crippen molar-refractivity contribution in [2.75, 3.05) is 13.1 Å². The van der Waals surface area contributed by atoms with Gasteiger partial charge in [0.2, 0.25) is 10.0 Å². The van der Waals surface area contributed by atoms with E-state index in [2.05, 4.69) is 15.9 Å². The number of aliphatic hydroxyl groups is 1. The van der Waals surface area contributed by atoms with Crippen LogP contribution in [-0.4, -0.2) is 30.9 Å². The van der Waals surface area contributed by atoms with Crippen LogP contribution in [0.1, 0.15) is 25.3 Å². The lowest BCUT2D eigenvalue weighted by molar-refractivity contribution is 0.272. The largest absolute Gasteiger partial charge is 0.392 e. The summed E-state index contributed by atoms with van der Waals surface area (Å²) in [5.41, 5.74) is -0.0250. The fourth-order valence-electron chi connectivity index (χ4n) is 2.42. The first-order valence-corrected chi connectivity index (χ1v) is 8.68. The molecule has 1 aromatic rings. The normalized spacial score (nSPS) is 21.1. The maximum absolute atomic E-state index is 14.2. The van der Waals surface area contributed by atoms with E-state index in [0.29, 0.717) is 17.6 Å². The smallest absolute Gasteiger partial charge is 0.246 e. The van der Waals surface area contributed by atoms with Gasteiger partial charge in [-0.15, -0.1) is 0 Å². The van der Waals surface area contributed by atoms with Crippen LogP contribution >= 0.6 is 15.9 Å². The third kappa shape index (κ3) is 3.05. The average molecular weight is 366 g/mol. The minimum atomic E-state index is -3.86. The Kier molecular flexibility index (Phi) is 4.84. The zero-order valence-corrected chi connectivity index (χ0v) is 13.5. The van der Waals surface area contributed by atoms with E-state index in [1.165, 1.54) is 16.4 Å². The molecule has 1 N–H and O–H groups in total. The highest BCUT2D eigenvalue weighted by molar-refractivity contribution is 9.10. The number of nitrogens with zero attached hydrogens (tertiary/aromatic N) is 1. The van der Waals surface area contributed by atoms with E-state index in [0.717, 1.165) is 12.8 Å². The minimum Gasteiger partial charge on any atom is -0.392 e. The molecule has 1 aliphatic heterocycles. The lowest BCUT2D eigenvalue weighted by Gasteiger charge is -2.30. The monoisotopic (exact) mass is 365 g/mol. The Morgan fingerprint density at radius 2 is 2.20 bits per heavy atom. The highest BCUT2D eigenvalue weighted by atomic mass is 79.9. The molecule has 1 fully saturated rings. The van der Waals surface area contributed by atoms with Crippen LogP contribution in [0.5, 0.6) is 0 Å². The molecule has 1 saturated heterocycles. The number of rotatable bonds is 3. The predicted octanol–water partition coefficient (Wildman–Crippen LogP) is 2.50. The van der Waals surface area contributed by atoms with E-state index in [9.17, 15) is 12.8 Å². The molecule has 0 bridgehead atoms. The van der Waals surface area contributed by atoms with Gasteiger partial charge in [-0.25, -0.2) is 12.8 Å². The second-order valence-electron chi connectivity index (χ2n) is 5.15. The second-order valence-corrected chi connectivity index (χ2v) is 7.97. The van der Waals surface area contributed by atoms with Gasteiger partial charge in [0, 0.05) is 23.1 Å². The first kappa shape index (κ1) is 15.9. The summed E-state index contributed by atoms with van der Waals surface area (Å²) in [4.78, 5) is -0.370. The number of piperidine rings is 1. The number of halogens is 2. The molecule has 0 aromatic heterocycles. The van der Waals surface area contributed by atoms with Crippen LogP contribution in [0.2, 0.25) is 0 Å². The molecule has 112 valence electrons. The molecular weight excluding hydrogens is 349 g/mol. The van der Waals surface area contributed by atoms with Crippen molar-refractivity contribution in [1.82, 2.24) is 4.31 Å². The molecule has 1 atom stereocenters. The summed E-state index contributed by atoms with van der Waals surface area (Å²) < 4.78 is 41.1. The molecule has 4 nitrogen and oxygen atoms in total. The van der Waals surface area contributed by atoms with E-state index in [1.54, 1.807) is 0 Å². The zero-order valence-electron chi connectivity index (χ0n) is 11.1. The van der Waals surface area contributed by atoms with Gasteiger partial charge in [0.05, 0.1) is 6.61 Å². The van der Waals surface area contributed by atoms with Crippen LogP contribution in [0.3, 0.4) is 0 Å². The maximum atomic E-state index is 14.2. The van der Waals surface area contributed by atoms with Crippen LogP contribution in [0.25, 0.3) is 0 Å². The van der Waals surface area contributed by atoms with E-state index in [-0.39, 0.29) is 16.4 Å². The Morgan fingerprint density at radius 3 is 2.80 bits per heavy atom. The van der Waals surface area contributed by atoms with Crippen LogP contribution in [0.4, 0.5) is 4.39 Å². The molecule has 0 spiro atoms. The van der Waals surface area contributed by atoms with Gasteiger partial charge in [-0.1, -0.05) is 22.9 Å². The molecule has 7 heteroatoms. The molecule has 0 amide bonds. The topological polar surface area (TPSA) is 57.6 Å². The van der Waals surface area contributed by atoms with E-state index >= 15 is 0 Å². The van der Waals surface area contributed by atoms with Crippen molar-refractivity contribution in [3.63, 3.8) is 0 Å². The molecule has 0 saturated carbocycles. The van der Waals surface area contributed by atoms with Gasteiger partial charge in [0.25, 0.3) is 0 Å². The summed E-state index contributed by atoms with van der Waals surface area (Å²) >= 11 is 3.16. The molecule has 20 heavy (non-hydrogen) atoms. The third-order valence-electron chi connectivity index (χ3n) is 3.49. The molecule has 1 aromatic carbocycles. The molecule has 1 heterocycles. The molecular formula is C13H17BrFNO3S. The minimum absolute atomic E-state index is 0.0250. The van der Waals surface area contributed by atoms with Gasteiger partial charge in [-0.2, -0.15) is 4.31 Å². The van der Waals surface area contributed by atoms with Crippen molar-refractivity contribution in [1.29, 1.82) is 0 Å². The quantitative estimate of drug-likeness (QED) is 0.894. The van der Waals surface area contributed by atoms with E-state index in [4.69, 9.17) is 5.11 Å². The first-order chi connectivity index (χ1) is 9.36. The Hall–Kier alpha value is -0.500. The Bertz CT molecular complexity index is 606. The van der Waals surface area contributed by atoms with Gasteiger partial charge in [0.15, 0.2) is 0 Å². The van der Waals surface area contributed by atoms with Gasteiger partial charge in [-0.05, 0) is 30.9 Å². The molecule has 0 aliphatic carbocycles. The van der Waals surface area contributed by atoms with Crippen molar-refractivity contribution >= 4 is 26.0 Å². The van der Waals surface area contributed by atoms with Crippen molar-refractivity contribution < 1.29 is 17.9 Å². The van der Waals surface area contributed by atoms with Crippen LogP contribution < -0.4 is 0 Å². The summed E-state index contributed by atoms with van der Waals surface area (Å²) in [6.07, 6.45) is 1.76. The summed E-state index contributed by atoms with van der Waals surface area (Å²) in [5.74, 6) is -0.597. The molecule has 2 rings (SSSR count). The Morgan fingerprint density at radius 1 is 1.50 bits per heavy atom. The first-order valence-electron chi connectivity index (χ1n) is 6.45. The van der Waals surface area contributed by atoms with Gasteiger partial charge in [0.1, 0.15) is 10.7 Å². The molecule has 1 aliphatic rings. The van der Waals surface area contributed by atoms with Gasteiger partial charge >= 0.3 is 0 Å². The average Bonchev–Trinajstić information content (AvgIpc) is 2.40. The lowest BCUT2D eigenvalue weighted by Crippen LogP contribution is -2.39. The summed E-state index contributed by atoms with van der Waals surface area (Å²) in [7, 11) is -3.86. The fraction of sp³-hybridized carbons (Fsp3) is 0.538. The Balaban J connectivity index is 2.46. The van der Waals surface area contributed by atoms with Gasteiger partial charge in [-0.3, -0.25) is 0 Å². The zero-order chi connectivity index (χ0) is 14.9. The highest BCUT2D eigenvalue weighted by Gasteiger charge is 2.31. The third-order valence-corrected chi connectivity index (χ3v) is 5.81. The number of hydrogen-bond donors (Lipinski definition) is 1. The summed E-state index contributed by atoms with van der Waals surface area (Å²) in [6.45, 7) is 2.26. The predicted molar refractivity (Wildman–Crippen MR) is 77.2 cm³/mol. The molecule has 0 radical (unpaired) electrons. The fourth-order valence-corrected chi connectivity index (χ4v) is 4.81. The van der Waals surface area contributed by atoms with Crippen molar-refractivity contribution in [2.45, 2.75) is 31.3 Å². The highest BCUT2D eigenvalue weighted by Crippen LogP contribution is 2.29. The standard InChI is InChI=1S/C13H17BrFNO3S/c1-9-3-2-4-16(7-9)20(18,19)12-6-11(14)5-10(8-17)13(12)15/h5-6,9,17H,2-4,7-8H2,1H3. The van der Waals surface area contributed by atoms with Crippen molar-refractivity contribution in [3.8, 4) is 0 Å². The maximum Gasteiger partial charge on any atom is 0.246 e. The van der Waals surface area contributed by atoms with Crippen molar-refractivity contribution in [3.05, 3.63) is 28.0 Å². The van der Waals surface area contributed by atoms with Gasteiger partial charge < -0.3 is 5.11 Å². The summed E-state index contributed by atoms with van der Waals surface area (Å²) in [6, 6.07) is 2.64. The van der Waals surface area contributed by atoms with Crippen LogP contribution in [-0.2, 0) is 16.6 Å². The number of hydrogen-bond acceptors (Lipinski definition) is 3. The van der Waals surface area contributed by atoms with E-state index < -0.39 is 22.4 Å². The Labute approximate surface area is 126 Å². The van der Waals surface area contributed by atoms with E-state index in [1.807, 2.05) is 6.92 Å². The van der Waals surface area contributed by atoms with Crippen LogP contribution in [0, 0.1) is 11.7 Å². The SMILES string of the molecule is CC1CCCN(S(=O)(=O)c2cc(Br)cc(CO)c2F)C1. The second kappa shape index (κ2) is 6.09. The van der Waals surface area contributed by atoms with Crippen LogP contribution in [0.15, 0.2) is 21.5 Å². The molecule has 1 unspecified atom stereocenters. The number of sulfonamides is 1.